The molecule has 2 N–H and O–H groups in total. The molecule has 0 atom stereocenters. The fourth-order valence-electron chi connectivity index (χ4n) is 1.57. The van der Waals surface area contributed by atoms with Gasteiger partial charge in [0.1, 0.15) is 0 Å². The van der Waals surface area contributed by atoms with Gasteiger partial charge in [-0.15, -0.1) is 11.3 Å². The van der Waals surface area contributed by atoms with E-state index in [-0.39, 0.29) is 0 Å². The lowest BCUT2D eigenvalue weighted by molar-refractivity contribution is 0.976. The summed E-state index contributed by atoms with van der Waals surface area (Å²) in [7, 11) is 0. The second kappa shape index (κ2) is 4.79. The molecule has 2 rings (SSSR count). The predicted octanol–water partition coefficient (Wildman–Crippen LogP) is 3.57. The van der Waals surface area contributed by atoms with Crippen molar-refractivity contribution in [2.45, 2.75) is 6.42 Å². The minimum atomic E-state index is 0.685. The van der Waals surface area contributed by atoms with Gasteiger partial charge in [0.15, 0.2) is 0 Å². The van der Waals surface area contributed by atoms with Crippen LogP contribution in [-0.4, -0.2) is 6.54 Å². The van der Waals surface area contributed by atoms with E-state index in [0.717, 1.165) is 11.4 Å². The van der Waals surface area contributed by atoms with Gasteiger partial charge in [0.2, 0.25) is 0 Å². The first-order chi connectivity index (χ1) is 7.31. The van der Waals surface area contributed by atoms with Gasteiger partial charge in [-0.3, -0.25) is 0 Å². The molecule has 0 aliphatic rings. The van der Waals surface area contributed by atoms with Crippen LogP contribution >= 0.6 is 22.9 Å². The third kappa shape index (κ3) is 2.40. The molecule has 0 aliphatic carbocycles. The van der Waals surface area contributed by atoms with Gasteiger partial charge in [-0.05, 0) is 47.7 Å². The van der Waals surface area contributed by atoms with Gasteiger partial charge >= 0.3 is 0 Å². The zero-order chi connectivity index (χ0) is 10.7. The SMILES string of the molecule is NCCc1ccsc1-c1cccc(Cl)c1. The van der Waals surface area contributed by atoms with E-state index in [2.05, 4.69) is 17.5 Å². The monoisotopic (exact) mass is 237 g/mol. The van der Waals surface area contributed by atoms with Gasteiger partial charge in [0, 0.05) is 9.90 Å². The first-order valence-electron chi connectivity index (χ1n) is 4.83. The Balaban J connectivity index is 2.40. The smallest absolute Gasteiger partial charge is 0.0412 e. The summed E-state index contributed by atoms with van der Waals surface area (Å²) in [6.07, 6.45) is 0.922. The number of nitrogens with two attached hydrogens (primary N) is 1. The molecule has 1 aromatic carbocycles. The van der Waals surface area contributed by atoms with Crippen LogP contribution in [0.25, 0.3) is 10.4 Å². The average molecular weight is 238 g/mol. The normalized spacial score (nSPS) is 10.5. The van der Waals surface area contributed by atoms with Crippen LogP contribution in [0, 0.1) is 0 Å². The predicted molar refractivity (Wildman–Crippen MR) is 67.5 cm³/mol. The summed E-state index contributed by atoms with van der Waals surface area (Å²) < 4.78 is 0. The lowest BCUT2D eigenvalue weighted by Crippen LogP contribution is -2.02. The molecule has 1 nitrogen and oxygen atoms in total. The number of rotatable bonds is 3. The van der Waals surface area contributed by atoms with Crippen molar-refractivity contribution in [3.8, 4) is 10.4 Å². The van der Waals surface area contributed by atoms with Gasteiger partial charge in [-0.2, -0.15) is 0 Å². The maximum absolute atomic E-state index is 5.97. The van der Waals surface area contributed by atoms with Crippen molar-refractivity contribution < 1.29 is 0 Å². The zero-order valence-corrected chi connectivity index (χ0v) is 9.81. The Kier molecular flexibility index (Phi) is 3.41. The van der Waals surface area contributed by atoms with E-state index in [4.69, 9.17) is 17.3 Å². The highest BCUT2D eigenvalue weighted by atomic mass is 35.5. The van der Waals surface area contributed by atoms with Crippen molar-refractivity contribution in [1.82, 2.24) is 0 Å². The number of hydrogen-bond acceptors (Lipinski definition) is 2. The Morgan fingerprint density at radius 2 is 2.13 bits per heavy atom. The number of thiophene rings is 1. The first kappa shape index (κ1) is 10.7. The van der Waals surface area contributed by atoms with Crippen LogP contribution < -0.4 is 5.73 Å². The molecule has 0 bridgehead atoms. The van der Waals surface area contributed by atoms with Crippen LogP contribution in [0.5, 0.6) is 0 Å². The second-order valence-electron chi connectivity index (χ2n) is 3.32. The van der Waals surface area contributed by atoms with Crippen molar-refractivity contribution >= 4 is 22.9 Å². The van der Waals surface area contributed by atoms with Crippen molar-refractivity contribution in [1.29, 1.82) is 0 Å². The lowest BCUT2D eigenvalue weighted by Gasteiger charge is -2.02. The van der Waals surface area contributed by atoms with E-state index >= 15 is 0 Å². The average Bonchev–Trinajstić information content (AvgIpc) is 2.66. The molecule has 0 saturated carbocycles. The highest BCUT2D eigenvalue weighted by Crippen LogP contribution is 2.31. The third-order valence-corrected chi connectivity index (χ3v) is 3.49. The summed E-state index contributed by atoms with van der Waals surface area (Å²) in [5, 5.41) is 2.88. The second-order valence-corrected chi connectivity index (χ2v) is 4.68. The molecule has 2 aromatic rings. The highest BCUT2D eigenvalue weighted by Gasteiger charge is 2.06. The molecule has 3 heteroatoms. The summed E-state index contributed by atoms with van der Waals surface area (Å²) in [6.45, 7) is 0.685. The summed E-state index contributed by atoms with van der Waals surface area (Å²) in [4.78, 5) is 1.28. The van der Waals surface area contributed by atoms with Crippen LogP contribution in [0.1, 0.15) is 5.56 Å². The molecule has 0 unspecified atom stereocenters. The maximum atomic E-state index is 5.97. The van der Waals surface area contributed by atoms with Gasteiger partial charge in [0.25, 0.3) is 0 Å². The molecule has 78 valence electrons. The molecule has 15 heavy (non-hydrogen) atoms. The molecular formula is C12H12ClNS. The first-order valence-corrected chi connectivity index (χ1v) is 6.09. The molecule has 0 radical (unpaired) electrons. The van der Waals surface area contributed by atoms with Crippen molar-refractivity contribution in [2.24, 2.45) is 5.73 Å². The van der Waals surface area contributed by atoms with E-state index in [1.165, 1.54) is 16.0 Å². The topological polar surface area (TPSA) is 26.0 Å². The van der Waals surface area contributed by atoms with Gasteiger partial charge < -0.3 is 5.73 Å². The molecule has 0 fully saturated rings. The van der Waals surface area contributed by atoms with Crippen molar-refractivity contribution in [3.05, 3.63) is 46.3 Å². The molecule has 1 heterocycles. The van der Waals surface area contributed by atoms with E-state index < -0.39 is 0 Å². The Morgan fingerprint density at radius 3 is 2.87 bits per heavy atom. The Bertz CT molecular complexity index is 450. The van der Waals surface area contributed by atoms with Gasteiger partial charge in [0.05, 0.1) is 0 Å². The van der Waals surface area contributed by atoms with E-state index in [1.807, 2.05) is 18.2 Å². The number of halogens is 1. The van der Waals surface area contributed by atoms with Crippen LogP contribution in [0.3, 0.4) is 0 Å². The Labute approximate surface area is 98.5 Å². The fourth-order valence-corrected chi connectivity index (χ4v) is 2.71. The molecule has 0 amide bonds. The third-order valence-electron chi connectivity index (χ3n) is 2.25. The molecule has 1 aromatic heterocycles. The zero-order valence-electron chi connectivity index (χ0n) is 8.24. The lowest BCUT2D eigenvalue weighted by atomic mass is 10.1. The molecular weight excluding hydrogens is 226 g/mol. The van der Waals surface area contributed by atoms with Crippen molar-refractivity contribution in [2.75, 3.05) is 6.54 Å². The highest BCUT2D eigenvalue weighted by molar-refractivity contribution is 7.13. The standard InChI is InChI=1S/C12H12ClNS/c13-11-3-1-2-10(8-11)12-9(4-6-14)5-7-15-12/h1-3,5,7-8H,4,6,14H2. The van der Waals surface area contributed by atoms with Crippen LogP contribution in [0.2, 0.25) is 5.02 Å². The molecule has 0 spiro atoms. The summed E-state index contributed by atoms with van der Waals surface area (Å²) in [5.74, 6) is 0. The van der Waals surface area contributed by atoms with Crippen LogP contribution in [-0.2, 0) is 6.42 Å². The van der Waals surface area contributed by atoms with Crippen LogP contribution in [0.4, 0.5) is 0 Å². The fraction of sp³-hybridized carbons (Fsp3) is 0.167. The van der Waals surface area contributed by atoms with Crippen LogP contribution in [0.15, 0.2) is 35.7 Å². The van der Waals surface area contributed by atoms with Gasteiger partial charge in [-0.25, -0.2) is 0 Å². The molecule has 0 saturated heterocycles. The Hall–Kier alpha value is -0.830. The van der Waals surface area contributed by atoms with E-state index in [1.54, 1.807) is 11.3 Å². The van der Waals surface area contributed by atoms with E-state index in [9.17, 15) is 0 Å². The maximum Gasteiger partial charge on any atom is 0.0412 e. The number of hydrogen-bond donors (Lipinski definition) is 1. The van der Waals surface area contributed by atoms with E-state index in [0.29, 0.717) is 6.54 Å². The van der Waals surface area contributed by atoms with Gasteiger partial charge in [-0.1, -0.05) is 23.7 Å². The summed E-state index contributed by atoms with van der Waals surface area (Å²) in [5.41, 5.74) is 8.07. The van der Waals surface area contributed by atoms with Crippen molar-refractivity contribution in [3.63, 3.8) is 0 Å². The molecule has 0 aliphatic heterocycles. The quantitative estimate of drug-likeness (QED) is 0.868. The largest absolute Gasteiger partial charge is 0.330 e. The number of benzene rings is 1. The summed E-state index contributed by atoms with van der Waals surface area (Å²) >= 11 is 7.71. The minimum Gasteiger partial charge on any atom is -0.330 e. The Morgan fingerprint density at radius 1 is 1.27 bits per heavy atom. The summed E-state index contributed by atoms with van der Waals surface area (Å²) in [6, 6.07) is 10.1. The minimum absolute atomic E-state index is 0.685.